The minimum absolute atomic E-state index is 0.0298. The van der Waals surface area contributed by atoms with Crippen molar-refractivity contribution in [3.8, 4) is 0 Å². The summed E-state index contributed by atoms with van der Waals surface area (Å²) in [7, 11) is -3.83. The molecule has 1 unspecified atom stereocenters. The van der Waals surface area contributed by atoms with Gasteiger partial charge < -0.3 is 5.73 Å². The van der Waals surface area contributed by atoms with Crippen LogP contribution in [-0.2, 0) is 16.4 Å². The summed E-state index contributed by atoms with van der Waals surface area (Å²) in [5.74, 6) is -0.634. The van der Waals surface area contributed by atoms with Crippen molar-refractivity contribution < 1.29 is 12.8 Å². The smallest absolute Gasteiger partial charge is 0.242 e. The molecular weight excluding hydrogens is 299 g/mol. The average Bonchev–Trinajstić information content (AvgIpc) is 2.84. The minimum atomic E-state index is -3.83. The fraction of sp³-hybridized carbons (Fsp3) is 0.231. The van der Waals surface area contributed by atoms with Gasteiger partial charge in [0, 0.05) is 10.9 Å². The van der Waals surface area contributed by atoms with Crippen LogP contribution >= 0.6 is 11.3 Å². The summed E-state index contributed by atoms with van der Waals surface area (Å²) >= 11 is 1.56. The Morgan fingerprint density at radius 1 is 1.40 bits per heavy atom. The van der Waals surface area contributed by atoms with E-state index in [2.05, 4.69) is 4.72 Å². The number of sulfonamides is 1. The summed E-state index contributed by atoms with van der Waals surface area (Å²) < 4.78 is 40.1. The average molecular weight is 314 g/mol. The molecule has 0 aliphatic heterocycles. The van der Waals surface area contributed by atoms with Crippen molar-refractivity contribution >= 4 is 27.0 Å². The van der Waals surface area contributed by atoms with Crippen LogP contribution in [0.5, 0.6) is 0 Å². The third kappa shape index (κ3) is 3.56. The van der Waals surface area contributed by atoms with E-state index in [9.17, 15) is 12.8 Å². The molecule has 0 radical (unpaired) electrons. The zero-order valence-corrected chi connectivity index (χ0v) is 12.5. The minimum Gasteiger partial charge on any atom is -0.398 e. The summed E-state index contributed by atoms with van der Waals surface area (Å²) in [6.45, 7) is 1.76. The summed E-state index contributed by atoms with van der Waals surface area (Å²) in [6.07, 6.45) is 0.576. The molecule has 0 amide bonds. The molecule has 0 aliphatic rings. The van der Waals surface area contributed by atoms with Crippen molar-refractivity contribution in [3.63, 3.8) is 0 Å². The first-order chi connectivity index (χ1) is 9.38. The highest BCUT2D eigenvalue weighted by molar-refractivity contribution is 7.89. The first-order valence-corrected chi connectivity index (χ1v) is 8.34. The second-order valence-electron chi connectivity index (χ2n) is 4.49. The molecule has 1 aromatic carbocycles. The van der Waals surface area contributed by atoms with Crippen molar-refractivity contribution in [2.75, 3.05) is 5.73 Å². The highest BCUT2D eigenvalue weighted by atomic mass is 32.2. The Balaban J connectivity index is 2.16. The van der Waals surface area contributed by atoms with E-state index in [0.717, 1.165) is 17.0 Å². The predicted molar refractivity (Wildman–Crippen MR) is 78.6 cm³/mol. The van der Waals surface area contributed by atoms with Crippen LogP contribution < -0.4 is 10.5 Å². The first-order valence-electron chi connectivity index (χ1n) is 5.98. The Morgan fingerprint density at radius 2 is 2.15 bits per heavy atom. The van der Waals surface area contributed by atoms with Crippen molar-refractivity contribution in [3.05, 3.63) is 46.4 Å². The van der Waals surface area contributed by atoms with Crippen LogP contribution in [0.25, 0.3) is 0 Å². The Kier molecular flexibility index (Phi) is 4.42. The lowest BCUT2D eigenvalue weighted by Crippen LogP contribution is -2.34. The van der Waals surface area contributed by atoms with Gasteiger partial charge in [-0.15, -0.1) is 11.3 Å². The zero-order chi connectivity index (χ0) is 14.8. The summed E-state index contributed by atoms with van der Waals surface area (Å²) in [6, 6.07) is 6.84. The molecule has 4 nitrogen and oxygen atoms in total. The van der Waals surface area contributed by atoms with E-state index in [1.165, 1.54) is 6.07 Å². The largest absolute Gasteiger partial charge is 0.398 e. The zero-order valence-electron chi connectivity index (χ0n) is 10.8. The number of benzene rings is 1. The van der Waals surface area contributed by atoms with E-state index in [0.29, 0.717) is 6.42 Å². The summed E-state index contributed by atoms with van der Waals surface area (Å²) in [5.41, 5.74) is 5.63. The second-order valence-corrected chi connectivity index (χ2v) is 7.20. The SMILES string of the molecule is CC(Cc1cccs1)NS(=O)(=O)c1cc(F)ccc1N. The van der Waals surface area contributed by atoms with Gasteiger partial charge in [-0.3, -0.25) is 0 Å². The number of rotatable bonds is 5. The van der Waals surface area contributed by atoms with E-state index >= 15 is 0 Å². The highest BCUT2D eigenvalue weighted by Crippen LogP contribution is 2.20. The van der Waals surface area contributed by atoms with Gasteiger partial charge in [0.1, 0.15) is 10.7 Å². The molecule has 1 atom stereocenters. The van der Waals surface area contributed by atoms with Crippen molar-refractivity contribution in [1.82, 2.24) is 4.72 Å². The number of anilines is 1. The van der Waals surface area contributed by atoms with Gasteiger partial charge in [0.25, 0.3) is 0 Å². The Labute approximate surface area is 121 Å². The number of halogens is 1. The van der Waals surface area contributed by atoms with Crippen LogP contribution in [0.3, 0.4) is 0 Å². The molecule has 0 fully saturated rings. The Morgan fingerprint density at radius 3 is 2.80 bits per heavy atom. The molecule has 3 N–H and O–H groups in total. The van der Waals surface area contributed by atoms with Gasteiger partial charge in [-0.2, -0.15) is 0 Å². The van der Waals surface area contributed by atoms with E-state index < -0.39 is 15.8 Å². The van der Waals surface area contributed by atoms with Gasteiger partial charge in [0.05, 0.1) is 5.69 Å². The van der Waals surface area contributed by atoms with E-state index in [1.807, 2.05) is 17.5 Å². The number of hydrogen-bond acceptors (Lipinski definition) is 4. The quantitative estimate of drug-likeness (QED) is 0.832. The lowest BCUT2D eigenvalue weighted by Gasteiger charge is -2.14. The molecule has 20 heavy (non-hydrogen) atoms. The standard InChI is InChI=1S/C13H15FN2O2S2/c1-9(7-11-3-2-6-19-11)16-20(17,18)13-8-10(14)4-5-12(13)15/h2-6,8-9,16H,7,15H2,1H3. The Bertz CT molecular complexity index is 684. The van der Waals surface area contributed by atoms with Crippen LogP contribution in [-0.4, -0.2) is 14.5 Å². The van der Waals surface area contributed by atoms with Crippen LogP contribution in [0.2, 0.25) is 0 Å². The van der Waals surface area contributed by atoms with E-state index in [-0.39, 0.29) is 16.6 Å². The molecule has 0 saturated heterocycles. The number of nitrogen functional groups attached to an aromatic ring is 1. The molecule has 2 aromatic rings. The third-order valence-corrected chi connectivity index (χ3v) is 5.25. The second kappa shape index (κ2) is 5.90. The van der Waals surface area contributed by atoms with Crippen LogP contribution in [0.4, 0.5) is 10.1 Å². The molecule has 0 bridgehead atoms. The highest BCUT2D eigenvalue weighted by Gasteiger charge is 2.21. The summed E-state index contributed by atoms with van der Waals surface area (Å²) in [4.78, 5) is 0.850. The molecule has 0 spiro atoms. The number of thiophene rings is 1. The molecule has 0 aliphatic carbocycles. The lowest BCUT2D eigenvalue weighted by atomic mass is 10.2. The maximum absolute atomic E-state index is 13.2. The molecule has 108 valence electrons. The van der Waals surface area contributed by atoms with Gasteiger partial charge in [-0.25, -0.2) is 17.5 Å². The third-order valence-electron chi connectivity index (χ3n) is 2.71. The first kappa shape index (κ1) is 15.0. The van der Waals surface area contributed by atoms with Gasteiger partial charge in [-0.05, 0) is 43.0 Å². The molecule has 2 rings (SSSR count). The van der Waals surface area contributed by atoms with Gasteiger partial charge in [0.2, 0.25) is 10.0 Å². The maximum atomic E-state index is 13.2. The molecule has 7 heteroatoms. The molecule has 1 heterocycles. The van der Waals surface area contributed by atoms with E-state index in [1.54, 1.807) is 18.3 Å². The molecular formula is C13H15FN2O2S2. The molecule has 0 saturated carbocycles. The van der Waals surface area contributed by atoms with Gasteiger partial charge in [-0.1, -0.05) is 6.07 Å². The molecule has 1 aromatic heterocycles. The fourth-order valence-corrected chi connectivity index (χ4v) is 4.06. The fourth-order valence-electron chi connectivity index (χ4n) is 1.84. The number of nitrogens with two attached hydrogens (primary N) is 1. The van der Waals surface area contributed by atoms with Crippen molar-refractivity contribution in [1.29, 1.82) is 0 Å². The van der Waals surface area contributed by atoms with Crippen molar-refractivity contribution in [2.45, 2.75) is 24.3 Å². The van der Waals surface area contributed by atoms with Crippen molar-refractivity contribution in [2.24, 2.45) is 0 Å². The van der Waals surface area contributed by atoms with E-state index in [4.69, 9.17) is 5.73 Å². The Hall–Kier alpha value is -1.44. The van der Waals surface area contributed by atoms with Gasteiger partial charge in [0.15, 0.2) is 0 Å². The van der Waals surface area contributed by atoms with Crippen LogP contribution in [0.1, 0.15) is 11.8 Å². The monoisotopic (exact) mass is 314 g/mol. The lowest BCUT2D eigenvalue weighted by molar-refractivity contribution is 0.558. The number of nitrogens with one attached hydrogen (secondary N) is 1. The summed E-state index contributed by atoms with van der Waals surface area (Å²) in [5, 5.41) is 1.93. The van der Waals surface area contributed by atoms with Gasteiger partial charge >= 0.3 is 0 Å². The maximum Gasteiger partial charge on any atom is 0.242 e. The normalized spacial score (nSPS) is 13.3. The van der Waals surface area contributed by atoms with Crippen LogP contribution in [0.15, 0.2) is 40.6 Å². The topological polar surface area (TPSA) is 72.2 Å². The predicted octanol–water partition coefficient (Wildman–Crippen LogP) is 2.38. The van der Waals surface area contributed by atoms with Crippen LogP contribution in [0, 0.1) is 5.82 Å². The number of hydrogen-bond donors (Lipinski definition) is 2.